The van der Waals surface area contributed by atoms with Gasteiger partial charge in [0.1, 0.15) is 12.1 Å². The fourth-order valence-electron chi connectivity index (χ4n) is 3.14. The number of anilines is 1. The van der Waals surface area contributed by atoms with Crippen LogP contribution in [0.4, 0.5) is 5.95 Å². The first-order valence-corrected chi connectivity index (χ1v) is 8.18. The predicted molar refractivity (Wildman–Crippen MR) is 93.6 cm³/mol. The molecular formula is C18H17ClN4O. The Bertz CT molecular complexity index is 829. The SMILES string of the molecule is COc1ccc(C2CC(c3ccc(Cl)cc3)Nc3ncnn32)cc1. The summed E-state index contributed by atoms with van der Waals surface area (Å²) in [6.45, 7) is 0. The topological polar surface area (TPSA) is 52.0 Å². The molecule has 0 saturated carbocycles. The molecule has 6 heteroatoms. The Morgan fingerprint density at radius 1 is 1.08 bits per heavy atom. The summed E-state index contributed by atoms with van der Waals surface area (Å²) in [4.78, 5) is 4.35. The van der Waals surface area contributed by atoms with Gasteiger partial charge in [-0.3, -0.25) is 0 Å². The maximum Gasteiger partial charge on any atom is 0.222 e. The van der Waals surface area contributed by atoms with Crippen LogP contribution in [-0.2, 0) is 0 Å². The maximum absolute atomic E-state index is 6.01. The molecular weight excluding hydrogens is 324 g/mol. The standard InChI is InChI=1S/C18H17ClN4O/c1-24-15-8-4-13(5-9-15)17-10-16(12-2-6-14(19)7-3-12)22-18-20-11-21-23(17)18/h2-9,11,16-17H,10H2,1H3,(H,20,21,22). The van der Waals surface area contributed by atoms with Crippen LogP contribution in [0.25, 0.3) is 0 Å². The lowest BCUT2D eigenvalue weighted by molar-refractivity contribution is 0.411. The molecule has 5 nitrogen and oxygen atoms in total. The highest BCUT2D eigenvalue weighted by molar-refractivity contribution is 6.30. The molecule has 1 aliphatic rings. The van der Waals surface area contributed by atoms with E-state index in [1.165, 1.54) is 11.1 Å². The number of aromatic nitrogens is 3. The van der Waals surface area contributed by atoms with Crippen LogP contribution in [0.2, 0.25) is 5.02 Å². The molecule has 0 bridgehead atoms. The van der Waals surface area contributed by atoms with E-state index >= 15 is 0 Å². The number of fused-ring (bicyclic) bond motifs is 1. The number of hydrogen-bond donors (Lipinski definition) is 1. The molecule has 0 aliphatic carbocycles. The smallest absolute Gasteiger partial charge is 0.222 e. The zero-order chi connectivity index (χ0) is 16.5. The first kappa shape index (κ1) is 15.0. The van der Waals surface area contributed by atoms with Gasteiger partial charge >= 0.3 is 0 Å². The Morgan fingerprint density at radius 2 is 1.79 bits per heavy atom. The lowest BCUT2D eigenvalue weighted by Crippen LogP contribution is -2.28. The summed E-state index contributed by atoms with van der Waals surface area (Å²) in [6.07, 6.45) is 2.47. The molecule has 0 radical (unpaired) electrons. The van der Waals surface area contributed by atoms with Crippen LogP contribution in [0.3, 0.4) is 0 Å². The van der Waals surface area contributed by atoms with Crippen LogP contribution in [0.15, 0.2) is 54.9 Å². The zero-order valence-corrected chi connectivity index (χ0v) is 13.9. The summed E-state index contributed by atoms with van der Waals surface area (Å²) < 4.78 is 7.19. The van der Waals surface area contributed by atoms with Gasteiger partial charge in [-0.25, -0.2) is 4.68 Å². The van der Waals surface area contributed by atoms with Crippen molar-refractivity contribution >= 4 is 17.5 Å². The van der Waals surface area contributed by atoms with E-state index in [2.05, 4.69) is 39.7 Å². The van der Waals surface area contributed by atoms with E-state index < -0.39 is 0 Å². The molecule has 1 aliphatic heterocycles. The lowest BCUT2D eigenvalue weighted by atomic mass is 9.93. The minimum Gasteiger partial charge on any atom is -0.497 e. The Balaban J connectivity index is 1.69. The number of ether oxygens (including phenoxy) is 1. The number of nitrogens with zero attached hydrogens (tertiary/aromatic N) is 3. The van der Waals surface area contributed by atoms with Gasteiger partial charge in [-0.05, 0) is 41.8 Å². The summed E-state index contributed by atoms with van der Waals surface area (Å²) in [5.74, 6) is 1.63. The molecule has 24 heavy (non-hydrogen) atoms. The molecule has 2 aromatic carbocycles. The molecule has 4 rings (SSSR count). The molecule has 0 spiro atoms. The number of benzene rings is 2. The van der Waals surface area contributed by atoms with Gasteiger partial charge in [0.15, 0.2) is 0 Å². The third-order valence-corrected chi connectivity index (χ3v) is 4.66. The summed E-state index contributed by atoms with van der Waals surface area (Å²) >= 11 is 6.01. The average Bonchev–Trinajstić information content (AvgIpc) is 3.10. The number of halogens is 1. The van der Waals surface area contributed by atoms with E-state index in [0.29, 0.717) is 0 Å². The van der Waals surface area contributed by atoms with Gasteiger partial charge in [0, 0.05) is 5.02 Å². The number of nitrogens with one attached hydrogen (secondary N) is 1. The van der Waals surface area contributed by atoms with Crippen molar-refractivity contribution in [3.8, 4) is 5.75 Å². The molecule has 122 valence electrons. The molecule has 0 saturated heterocycles. The van der Waals surface area contributed by atoms with Crippen molar-refractivity contribution in [2.75, 3.05) is 12.4 Å². The highest BCUT2D eigenvalue weighted by Crippen LogP contribution is 2.37. The second kappa shape index (κ2) is 6.17. The largest absolute Gasteiger partial charge is 0.497 e. The number of hydrogen-bond acceptors (Lipinski definition) is 4. The zero-order valence-electron chi connectivity index (χ0n) is 13.2. The molecule has 2 heterocycles. The van der Waals surface area contributed by atoms with Gasteiger partial charge in [-0.1, -0.05) is 35.9 Å². The van der Waals surface area contributed by atoms with E-state index in [1.54, 1.807) is 13.4 Å². The van der Waals surface area contributed by atoms with E-state index in [4.69, 9.17) is 16.3 Å². The third-order valence-electron chi connectivity index (χ3n) is 4.40. The second-order valence-electron chi connectivity index (χ2n) is 5.80. The summed E-state index contributed by atoms with van der Waals surface area (Å²) in [7, 11) is 1.67. The van der Waals surface area contributed by atoms with E-state index in [0.717, 1.165) is 23.1 Å². The van der Waals surface area contributed by atoms with Gasteiger partial charge in [0.05, 0.1) is 19.2 Å². The van der Waals surface area contributed by atoms with Crippen molar-refractivity contribution in [2.24, 2.45) is 0 Å². The molecule has 3 aromatic rings. The maximum atomic E-state index is 6.01. The van der Waals surface area contributed by atoms with E-state index in [1.807, 2.05) is 28.9 Å². The minimum absolute atomic E-state index is 0.121. The van der Waals surface area contributed by atoms with Crippen molar-refractivity contribution in [2.45, 2.75) is 18.5 Å². The van der Waals surface area contributed by atoms with Crippen LogP contribution >= 0.6 is 11.6 Å². The van der Waals surface area contributed by atoms with E-state index in [9.17, 15) is 0 Å². The van der Waals surface area contributed by atoms with Crippen molar-refractivity contribution in [3.05, 3.63) is 71.0 Å². The minimum atomic E-state index is 0.121. The van der Waals surface area contributed by atoms with Crippen LogP contribution in [0, 0.1) is 0 Å². The van der Waals surface area contributed by atoms with Gasteiger partial charge in [-0.2, -0.15) is 10.1 Å². The third kappa shape index (κ3) is 2.71. The Kier molecular flexibility index (Phi) is 3.86. The highest BCUT2D eigenvalue weighted by atomic mass is 35.5. The normalized spacial score (nSPS) is 19.4. The summed E-state index contributed by atoms with van der Waals surface area (Å²) in [6, 6.07) is 16.3. The van der Waals surface area contributed by atoms with Crippen molar-refractivity contribution in [3.63, 3.8) is 0 Å². The monoisotopic (exact) mass is 340 g/mol. The van der Waals surface area contributed by atoms with Crippen molar-refractivity contribution in [1.29, 1.82) is 0 Å². The fraction of sp³-hybridized carbons (Fsp3) is 0.222. The van der Waals surface area contributed by atoms with Gasteiger partial charge in [-0.15, -0.1) is 0 Å². The molecule has 1 aromatic heterocycles. The predicted octanol–water partition coefficient (Wildman–Crippen LogP) is 4.09. The summed E-state index contributed by atoms with van der Waals surface area (Å²) in [5.41, 5.74) is 2.37. The molecule has 0 amide bonds. The fourth-order valence-corrected chi connectivity index (χ4v) is 3.26. The molecule has 2 unspecified atom stereocenters. The van der Waals surface area contributed by atoms with Crippen molar-refractivity contribution in [1.82, 2.24) is 14.8 Å². The van der Waals surface area contributed by atoms with Crippen LogP contribution < -0.4 is 10.1 Å². The van der Waals surface area contributed by atoms with Gasteiger partial charge in [0.25, 0.3) is 0 Å². The first-order chi connectivity index (χ1) is 11.7. The number of methoxy groups -OCH3 is 1. The Hall–Kier alpha value is -2.53. The Labute approximate surface area is 145 Å². The first-order valence-electron chi connectivity index (χ1n) is 7.80. The quantitative estimate of drug-likeness (QED) is 0.780. The van der Waals surface area contributed by atoms with Crippen LogP contribution in [0.5, 0.6) is 5.75 Å². The Morgan fingerprint density at radius 3 is 2.50 bits per heavy atom. The second-order valence-corrected chi connectivity index (χ2v) is 6.24. The summed E-state index contributed by atoms with van der Waals surface area (Å²) in [5, 5.41) is 8.59. The highest BCUT2D eigenvalue weighted by Gasteiger charge is 2.29. The molecule has 1 N–H and O–H groups in total. The van der Waals surface area contributed by atoms with Gasteiger partial charge < -0.3 is 10.1 Å². The van der Waals surface area contributed by atoms with Gasteiger partial charge in [0.2, 0.25) is 5.95 Å². The molecule has 0 fully saturated rings. The van der Waals surface area contributed by atoms with Crippen LogP contribution in [-0.4, -0.2) is 21.9 Å². The molecule has 2 atom stereocenters. The van der Waals surface area contributed by atoms with Crippen LogP contribution in [0.1, 0.15) is 29.6 Å². The lowest BCUT2D eigenvalue weighted by Gasteiger charge is -2.31. The van der Waals surface area contributed by atoms with Crippen molar-refractivity contribution < 1.29 is 4.74 Å². The average molecular weight is 341 g/mol. The van der Waals surface area contributed by atoms with E-state index in [-0.39, 0.29) is 12.1 Å². The number of rotatable bonds is 3.